The predicted molar refractivity (Wildman–Crippen MR) is 127 cm³/mol. The smallest absolute Gasteiger partial charge is 0.255 e. The molecule has 0 aliphatic carbocycles. The third kappa shape index (κ3) is 4.21. The third-order valence-corrected chi connectivity index (χ3v) is 5.52. The van der Waals surface area contributed by atoms with Crippen LogP contribution in [0.25, 0.3) is 0 Å². The topological polar surface area (TPSA) is 81.1 Å². The number of ether oxygens (including phenoxy) is 1. The minimum absolute atomic E-state index is 0.213. The van der Waals surface area contributed by atoms with E-state index in [1.807, 2.05) is 91.9 Å². The van der Waals surface area contributed by atoms with Crippen molar-refractivity contribution in [3.63, 3.8) is 0 Å². The number of amides is 1. The number of carbonyl (C=O) groups is 1. The van der Waals surface area contributed by atoms with Crippen molar-refractivity contribution in [1.82, 2.24) is 14.8 Å². The molecule has 164 valence electrons. The normalized spacial score (nSPS) is 14.9. The first-order chi connectivity index (χ1) is 16.2. The summed E-state index contributed by atoms with van der Waals surface area (Å²) in [6, 6.07) is 26.6. The van der Waals surface area contributed by atoms with Gasteiger partial charge in [0.15, 0.2) is 0 Å². The Morgan fingerprint density at radius 3 is 2.48 bits per heavy atom. The van der Waals surface area contributed by atoms with Crippen molar-refractivity contribution in [2.24, 2.45) is 0 Å². The molecule has 1 atom stereocenters. The lowest BCUT2D eigenvalue weighted by Gasteiger charge is -2.29. The van der Waals surface area contributed by atoms with Crippen molar-refractivity contribution in [2.45, 2.75) is 19.6 Å². The molecule has 0 radical (unpaired) electrons. The molecule has 0 saturated heterocycles. The van der Waals surface area contributed by atoms with Crippen LogP contribution in [-0.4, -0.2) is 20.7 Å². The highest BCUT2D eigenvalue weighted by molar-refractivity contribution is 6.06. The summed E-state index contributed by atoms with van der Waals surface area (Å²) in [5, 5.41) is 10.6. The van der Waals surface area contributed by atoms with Gasteiger partial charge in [0.1, 0.15) is 24.7 Å². The minimum atomic E-state index is -0.501. The van der Waals surface area contributed by atoms with E-state index in [0.717, 1.165) is 16.8 Å². The molecule has 0 fully saturated rings. The highest BCUT2D eigenvalue weighted by Crippen LogP contribution is 2.39. The van der Waals surface area contributed by atoms with Crippen LogP contribution in [0.4, 0.5) is 11.6 Å². The fourth-order valence-corrected chi connectivity index (χ4v) is 3.97. The molecule has 0 saturated carbocycles. The van der Waals surface area contributed by atoms with Crippen LogP contribution in [0.3, 0.4) is 0 Å². The van der Waals surface area contributed by atoms with E-state index in [1.54, 1.807) is 4.68 Å². The van der Waals surface area contributed by atoms with E-state index < -0.39 is 6.04 Å². The standard InChI is InChI=1S/C26H23N5O2/c1-18-23(25(32)30-20-12-6-3-7-13-20)24(31-26(29-18)27-17-28-31)21-14-8-9-15-22(21)33-16-19-10-4-2-5-11-19/h2-15,17,24H,16H2,1H3,(H,30,32)(H,27,28,29). The molecule has 1 amide bonds. The quantitative estimate of drug-likeness (QED) is 0.454. The number of fused-ring (bicyclic) bond motifs is 1. The summed E-state index contributed by atoms with van der Waals surface area (Å²) in [5.74, 6) is 1.05. The summed E-state index contributed by atoms with van der Waals surface area (Å²) in [6.07, 6.45) is 1.48. The average Bonchev–Trinajstić information content (AvgIpc) is 3.31. The third-order valence-electron chi connectivity index (χ3n) is 5.52. The Bertz CT molecular complexity index is 1300. The molecular formula is C26H23N5O2. The van der Waals surface area contributed by atoms with Crippen LogP contribution in [-0.2, 0) is 11.4 Å². The Morgan fingerprint density at radius 2 is 1.70 bits per heavy atom. The van der Waals surface area contributed by atoms with Crippen LogP contribution in [0, 0.1) is 0 Å². The fraction of sp³-hybridized carbons (Fsp3) is 0.115. The number of aromatic nitrogens is 3. The molecule has 1 aliphatic rings. The zero-order valence-electron chi connectivity index (χ0n) is 18.1. The summed E-state index contributed by atoms with van der Waals surface area (Å²) >= 11 is 0. The number of nitrogens with one attached hydrogen (secondary N) is 2. The fourth-order valence-electron chi connectivity index (χ4n) is 3.97. The number of carbonyl (C=O) groups excluding carboxylic acids is 1. The summed E-state index contributed by atoms with van der Waals surface area (Å²) in [7, 11) is 0. The van der Waals surface area contributed by atoms with E-state index in [4.69, 9.17) is 4.74 Å². The molecular weight excluding hydrogens is 414 g/mol. The Kier molecular flexibility index (Phi) is 5.59. The van der Waals surface area contributed by atoms with Crippen molar-refractivity contribution < 1.29 is 9.53 Å². The van der Waals surface area contributed by atoms with Crippen molar-refractivity contribution in [3.8, 4) is 5.75 Å². The number of hydrogen-bond donors (Lipinski definition) is 2. The molecule has 5 rings (SSSR count). The number of nitrogens with zero attached hydrogens (tertiary/aromatic N) is 3. The maximum atomic E-state index is 13.5. The van der Waals surface area contributed by atoms with Gasteiger partial charge in [0, 0.05) is 16.9 Å². The maximum Gasteiger partial charge on any atom is 0.255 e. The Labute approximate surface area is 191 Å². The van der Waals surface area contributed by atoms with Crippen molar-refractivity contribution in [1.29, 1.82) is 0 Å². The number of anilines is 2. The molecule has 1 aromatic heterocycles. The van der Waals surface area contributed by atoms with Crippen molar-refractivity contribution >= 4 is 17.5 Å². The van der Waals surface area contributed by atoms with E-state index in [0.29, 0.717) is 29.6 Å². The summed E-state index contributed by atoms with van der Waals surface area (Å²) in [4.78, 5) is 17.8. The first kappa shape index (κ1) is 20.5. The monoisotopic (exact) mass is 437 g/mol. The Hall–Kier alpha value is -4.39. The largest absolute Gasteiger partial charge is 0.489 e. The van der Waals surface area contributed by atoms with Gasteiger partial charge in [-0.05, 0) is 30.7 Å². The van der Waals surface area contributed by atoms with E-state index in [2.05, 4.69) is 20.7 Å². The van der Waals surface area contributed by atoms with Gasteiger partial charge < -0.3 is 15.4 Å². The highest BCUT2D eigenvalue weighted by Gasteiger charge is 2.35. The molecule has 7 nitrogen and oxygen atoms in total. The first-order valence-corrected chi connectivity index (χ1v) is 10.7. The molecule has 2 N–H and O–H groups in total. The molecule has 4 aromatic rings. The minimum Gasteiger partial charge on any atom is -0.489 e. The highest BCUT2D eigenvalue weighted by atomic mass is 16.5. The van der Waals surface area contributed by atoms with Crippen LogP contribution in [0.15, 0.2) is 103 Å². The molecule has 1 unspecified atom stereocenters. The van der Waals surface area contributed by atoms with Crippen LogP contribution >= 0.6 is 0 Å². The maximum absolute atomic E-state index is 13.5. The molecule has 7 heteroatoms. The molecule has 0 bridgehead atoms. The molecule has 1 aliphatic heterocycles. The average molecular weight is 438 g/mol. The number of hydrogen-bond acceptors (Lipinski definition) is 5. The Morgan fingerprint density at radius 1 is 1.00 bits per heavy atom. The molecule has 3 aromatic carbocycles. The van der Waals surface area contributed by atoms with E-state index >= 15 is 0 Å². The number of benzene rings is 3. The first-order valence-electron chi connectivity index (χ1n) is 10.7. The van der Waals surface area contributed by atoms with Crippen molar-refractivity contribution in [2.75, 3.05) is 10.6 Å². The van der Waals surface area contributed by atoms with Gasteiger partial charge in [0.2, 0.25) is 5.95 Å². The second-order valence-corrected chi connectivity index (χ2v) is 7.73. The van der Waals surface area contributed by atoms with Gasteiger partial charge in [-0.15, -0.1) is 0 Å². The van der Waals surface area contributed by atoms with Crippen LogP contribution in [0.1, 0.15) is 24.1 Å². The van der Waals surface area contributed by atoms with Gasteiger partial charge in [-0.3, -0.25) is 4.79 Å². The SMILES string of the molecule is CC1=C(C(=O)Nc2ccccc2)C(c2ccccc2OCc2ccccc2)n2ncnc2N1. The van der Waals surface area contributed by atoms with Crippen LogP contribution in [0.5, 0.6) is 5.75 Å². The lowest BCUT2D eigenvalue weighted by molar-refractivity contribution is -0.113. The van der Waals surface area contributed by atoms with Gasteiger partial charge in [-0.25, -0.2) is 4.68 Å². The Balaban J connectivity index is 1.53. The van der Waals surface area contributed by atoms with Gasteiger partial charge in [0.25, 0.3) is 5.91 Å². The van der Waals surface area contributed by atoms with Crippen LogP contribution in [0.2, 0.25) is 0 Å². The second-order valence-electron chi connectivity index (χ2n) is 7.73. The summed E-state index contributed by atoms with van der Waals surface area (Å²) in [5.41, 5.74) is 3.88. The van der Waals surface area contributed by atoms with Gasteiger partial charge >= 0.3 is 0 Å². The molecule has 0 spiro atoms. The second kappa shape index (κ2) is 9.00. The van der Waals surface area contributed by atoms with E-state index in [-0.39, 0.29) is 5.91 Å². The number of rotatable bonds is 6. The number of para-hydroxylation sites is 2. The summed E-state index contributed by atoms with van der Waals surface area (Å²) in [6.45, 7) is 2.29. The predicted octanol–water partition coefficient (Wildman–Crippen LogP) is 4.78. The van der Waals surface area contributed by atoms with Crippen LogP contribution < -0.4 is 15.4 Å². The zero-order valence-corrected chi connectivity index (χ0v) is 18.1. The van der Waals surface area contributed by atoms with E-state index in [1.165, 1.54) is 6.33 Å². The summed E-state index contributed by atoms with van der Waals surface area (Å²) < 4.78 is 7.93. The van der Waals surface area contributed by atoms with Gasteiger partial charge in [0.05, 0.1) is 5.57 Å². The molecule has 33 heavy (non-hydrogen) atoms. The lowest BCUT2D eigenvalue weighted by atomic mass is 9.94. The van der Waals surface area contributed by atoms with E-state index in [9.17, 15) is 4.79 Å². The van der Waals surface area contributed by atoms with Gasteiger partial charge in [-0.1, -0.05) is 66.7 Å². The van der Waals surface area contributed by atoms with Crippen molar-refractivity contribution in [3.05, 3.63) is 114 Å². The lowest BCUT2D eigenvalue weighted by Crippen LogP contribution is -2.31. The van der Waals surface area contributed by atoms with Gasteiger partial charge in [-0.2, -0.15) is 10.1 Å². The number of allylic oxidation sites excluding steroid dienone is 1. The molecule has 2 heterocycles. The zero-order chi connectivity index (χ0) is 22.6.